The summed E-state index contributed by atoms with van der Waals surface area (Å²) in [5.74, 6) is 0. The fourth-order valence-corrected chi connectivity index (χ4v) is 4.01. The molecule has 0 bridgehead atoms. The van der Waals surface area contributed by atoms with Crippen LogP contribution in [0, 0.1) is 0 Å². The molecule has 0 unspecified atom stereocenters. The Kier molecular flexibility index (Phi) is 4.26. The number of fused-ring (bicyclic) bond motifs is 2. The van der Waals surface area contributed by atoms with E-state index in [1.807, 2.05) is 60.9 Å². The third-order valence-electron chi connectivity index (χ3n) is 5.89. The van der Waals surface area contributed by atoms with Gasteiger partial charge in [-0.3, -0.25) is 9.97 Å². The van der Waals surface area contributed by atoms with Gasteiger partial charge >= 0.3 is 0 Å². The lowest BCUT2D eigenvalue weighted by atomic mass is 9.84. The average Bonchev–Trinajstić information content (AvgIpc) is 3.49. The van der Waals surface area contributed by atoms with Crippen molar-refractivity contribution in [1.29, 1.82) is 0 Å². The molecule has 0 aliphatic carbocycles. The van der Waals surface area contributed by atoms with Crippen LogP contribution in [0.25, 0.3) is 33.8 Å². The van der Waals surface area contributed by atoms with Gasteiger partial charge in [0, 0.05) is 30.2 Å². The Hall–Kier alpha value is -4.46. The summed E-state index contributed by atoms with van der Waals surface area (Å²) in [6.07, 6.45) is 10.9. The molecule has 6 aromatic rings. The molecular weight excluding hydrogens is 412 g/mol. The minimum atomic E-state index is -0.432. The molecule has 6 rings (SSSR count). The smallest absolute Gasteiger partial charge is 0.164 e. The van der Waals surface area contributed by atoms with Crippen molar-refractivity contribution in [2.45, 2.75) is 19.3 Å². The molecular formula is C25H20N8. The maximum Gasteiger partial charge on any atom is 0.164 e. The summed E-state index contributed by atoms with van der Waals surface area (Å²) in [7, 11) is 0. The molecule has 0 aliphatic rings. The molecule has 8 heteroatoms. The second-order valence-electron chi connectivity index (χ2n) is 8.33. The lowest BCUT2D eigenvalue weighted by Gasteiger charge is -2.24. The summed E-state index contributed by atoms with van der Waals surface area (Å²) in [5.41, 5.74) is 6.41. The highest BCUT2D eigenvalue weighted by Gasteiger charge is 2.27. The fourth-order valence-electron chi connectivity index (χ4n) is 4.01. The van der Waals surface area contributed by atoms with E-state index in [2.05, 4.69) is 34.0 Å². The van der Waals surface area contributed by atoms with Crippen molar-refractivity contribution >= 4 is 11.3 Å². The van der Waals surface area contributed by atoms with Gasteiger partial charge in [-0.15, -0.1) is 0 Å². The zero-order chi connectivity index (χ0) is 22.4. The summed E-state index contributed by atoms with van der Waals surface area (Å²) in [5, 5.41) is 8.80. The van der Waals surface area contributed by atoms with E-state index >= 15 is 0 Å². The SMILES string of the molecule is CC(C)(c1cccc(-c2cnn3cccnc23)n1)c1cccc(-c2cnn3cccnc23)n1. The van der Waals surface area contributed by atoms with Crippen LogP contribution in [0.2, 0.25) is 0 Å². The minimum absolute atomic E-state index is 0.432. The lowest BCUT2D eigenvalue weighted by Crippen LogP contribution is -2.22. The maximum absolute atomic E-state index is 4.99. The lowest BCUT2D eigenvalue weighted by molar-refractivity contribution is 0.597. The predicted molar refractivity (Wildman–Crippen MR) is 125 cm³/mol. The molecule has 0 saturated carbocycles. The average molecular weight is 432 g/mol. The predicted octanol–water partition coefficient (Wildman–Crippen LogP) is 4.22. The second-order valence-corrected chi connectivity index (χ2v) is 8.33. The maximum atomic E-state index is 4.99. The van der Waals surface area contributed by atoms with Gasteiger partial charge < -0.3 is 0 Å². The monoisotopic (exact) mass is 432 g/mol. The third-order valence-corrected chi connectivity index (χ3v) is 5.89. The van der Waals surface area contributed by atoms with Crippen LogP contribution in [0.3, 0.4) is 0 Å². The molecule has 0 saturated heterocycles. The number of hydrogen-bond acceptors (Lipinski definition) is 6. The highest BCUT2D eigenvalue weighted by atomic mass is 15.2. The van der Waals surface area contributed by atoms with Crippen LogP contribution in [-0.4, -0.2) is 39.2 Å². The zero-order valence-corrected chi connectivity index (χ0v) is 18.2. The minimum Gasteiger partial charge on any atom is -0.252 e. The quantitative estimate of drug-likeness (QED) is 0.415. The van der Waals surface area contributed by atoms with Crippen molar-refractivity contribution in [1.82, 2.24) is 39.2 Å². The molecule has 160 valence electrons. The number of aromatic nitrogens is 8. The summed E-state index contributed by atoms with van der Waals surface area (Å²) in [6, 6.07) is 15.8. The Morgan fingerprint density at radius 3 is 1.61 bits per heavy atom. The molecule has 0 aromatic carbocycles. The molecule has 0 fully saturated rings. The van der Waals surface area contributed by atoms with Crippen LogP contribution >= 0.6 is 0 Å². The Morgan fingerprint density at radius 2 is 1.12 bits per heavy atom. The number of rotatable bonds is 4. The molecule has 0 spiro atoms. The van der Waals surface area contributed by atoms with Crippen LogP contribution in [0.1, 0.15) is 25.2 Å². The van der Waals surface area contributed by atoms with Crippen molar-refractivity contribution < 1.29 is 0 Å². The van der Waals surface area contributed by atoms with Gasteiger partial charge in [0.05, 0.1) is 46.3 Å². The molecule has 6 heterocycles. The number of nitrogens with zero attached hydrogens (tertiary/aromatic N) is 8. The first-order valence-electron chi connectivity index (χ1n) is 10.6. The highest BCUT2D eigenvalue weighted by Crippen LogP contribution is 2.32. The van der Waals surface area contributed by atoms with E-state index in [0.29, 0.717) is 0 Å². The van der Waals surface area contributed by atoms with Crippen molar-refractivity contribution in [2.24, 2.45) is 0 Å². The van der Waals surface area contributed by atoms with Crippen LogP contribution in [0.4, 0.5) is 0 Å². The third kappa shape index (κ3) is 3.15. The fraction of sp³-hybridized carbons (Fsp3) is 0.120. The highest BCUT2D eigenvalue weighted by molar-refractivity contribution is 5.75. The van der Waals surface area contributed by atoms with E-state index < -0.39 is 5.41 Å². The van der Waals surface area contributed by atoms with Gasteiger partial charge in [0.2, 0.25) is 0 Å². The molecule has 0 amide bonds. The van der Waals surface area contributed by atoms with Crippen LogP contribution < -0.4 is 0 Å². The van der Waals surface area contributed by atoms with Gasteiger partial charge in [0.15, 0.2) is 11.3 Å². The van der Waals surface area contributed by atoms with Crippen LogP contribution in [0.5, 0.6) is 0 Å². The largest absolute Gasteiger partial charge is 0.252 e. The molecule has 0 atom stereocenters. The van der Waals surface area contributed by atoms with Gasteiger partial charge in [-0.1, -0.05) is 12.1 Å². The summed E-state index contributed by atoms with van der Waals surface area (Å²) in [4.78, 5) is 18.9. The first kappa shape index (κ1) is 19.2. The van der Waals surface area contributed by atoms with Crippen LogP contribution in [-0.2, 0) is 5.41 Å². The van der Waals surface area contributed by atoms with Gasteiger partial charge in [0.25, 0.3) is 0 Å². The topological polar surface area (TPSA) is 86.2 Å². The first-order valence-corrected chi connectivity index (χ1v) is 10.6. The standard InChI is InChI=1S/C25H20N8/c1-25(2,21-9-3-7-19(30-21)17-15-28-32-13-5-11-26-23(17)32)22-10-4-8-20(31-22)18-16-29-33-14-6-12-27-24(18)33/h3-16H,1-2H3. The molecule has 8 nitrogen and oxygen atoms in total. The molecule has 6 aromatic heterocycles. The molecule has 33 heavy (non-hydrogen) atoms. The van der Waals surface area contributed by atoms with Crippen molar-refractivity contribution in [3.05, 3.63) is 97.1 Å². The Morgan fingerprint density at radius 1 is 0.636 bits per heavy atom. The van der Waals surface area contributed by atoms with Crippen molar-refractivity contribution in [3.63, 3.8) is 0 Å². The molecule has 0 radical (unpaired) electrons. The molecule has 0 aliphatic heterocycles. The van der Waals surface area contributed by atoms with Crippen molar-refractivity contribution in [3.8, 4) is 22.5 Å². The zero-order valence-electron chi connectivity index (χ0n) is 18.2. The Bertz CT molecular complexity index is 1490. The first-order chi connectivity index (χ1) is 16.1. The van der Waals surface area contributed by atoms with E-state index in [9.17, 15) is 0 Å². The number of pyridine rings is 2. The van der Waals surface area contributed by atoms with E-state index in [0.717, 1.165) is 45.2 Å². The summed E-state index contributed by atoms with van der Waals surface area (Å²) < 4.78 is 3.51. The Balaban J connectivity index is 1.42. The van der Waals surface area contributed by atoms with E-state index in [1.165, 1.54) is 0 Å². The summed E-state index contributed by atoms with van der Waals surface area (Å²) >= 11 is 0. The van der Waals surface area contributed by atoms with Gasteiger partial charge in [0.1, 0.15) is 0 Å². The summed E-state index contributed by atoms with van der Waals surface area (Å²) in [6.45, 7) is 4.27. The number of hydrogen-bond donors (Lipinski definition) is 0. The van der Waals surface area contributed by atoms with Crippen molar-refractivity contribution in [2.75, 3.05) is 0 Å². The van der Waals surface area contributed by atoms with Gasteiger partial charge in [-0.05, 0) is 50.2 Å². The Labute approximate surface area is 189 Å². The van der Waals surface area contributed by atoms with Crippen LogP contribution in [0.15, 0.2) is 85.7 Å². The second kappa shape index (κ2) is 7.30. The van der Waals surface area contributed by atoms with Gasteiger partial charge in [-0.2, -0.15) is 10.2 Å². The normalized spacial score (nSPS) is 11.9. The molecule has 0 N–H and O–H groups in total. The van der Waals surface area contributed by atoms with E-state index in [4.69, 9.17) is 9.97 Å². The van der Waals surface area contributed by atoms with Gasteiger partial charge in [-0.25, -0.2) is 19.0 Å². The van der Waals surface area contributed by atoms with E-state index in [-0.39, 0.29) is 0 Å². The van der Waals surface area contributed by atoms with E-state index in [1.54, 1.807) is 33.8 Å².